The molecular formula is C18H13Cl2FN4O. The van der Waals surface area contributed by atoms with Crippen LogP contribution >= 0.6 is 23.2 Å². The third-order valence-electron chi connectivity index (χ3n) is 3.39. The molecule has 132 valence electrons. The molecule has 0 radical (unpaired) electrons. The SMILES string of the molecule is Cc1nc(Nc2ccc(F)cc2)cc(C(=O)Nc2c(Cl)cccc2Cl)n1. The second-order valence-corrected chi connectivity index (χ2v) is 6.18. The first-order chi connectivity index (χ1) is 12.4. The van der Waals surface area contributed by atoms with E-state index in [1.165, 1.54) is 18.2 Å². The molecule has 0 unspecified atom stereocenters. The molecule has 1 aromatic heterocycles. The Labute approximate surface area is 159 Å². The van der Waals surface area contributed by atoms with Gasteiger partial charge in [0.2, 0.25) is 0 Å². The largest absolute Gasteiger partial charge is 0.340 e. The zero-order valence-electron chi connectivity index (χ0n) is 13.6. The Kier molecular flexibility index (Phi) is 5.35. The van der Waals surface area contributed by atoms with E-state index in [0.29, 0.717) is 33.1 Å². The molecule has 3 aromatic rings. The van der Waals surface area contributed by atoms with Gasteiger partial charge in [-0.3, -0.25) is 4.79 Å². The average molecular weight is 391 g/mol. The van der Waals surface area contributed by atoms with Crippen molar-refractivity contribution in [2.75, 3.05) is 10.6 Å². The van der Waals surface area contributed by atoms with Crippen LogP contribution in [0.5, 0.6) is 0 Å². The molecule has 8 heteroatoms. The van der Waals surface area contributed by atoms with Crippen LogP contribution in [-0.2, 0) is 0 Å². The van der Waals surface area contributed by atoms with Gasteiger partial charge in [-0.05, 0) is 43.3 Å². The van der Waals surface area contributed by atoms with Crippen molar-refractivity contribution in [2.45, 2.75) is 6.92 Å². The van der Waals surface area contributed by atoms with Gasteiger partial charge >= 0.3 is 0 Å². The number of nitrogens with one attached hydrogen (secondary N) is 2. The Morgan fingerprint density at radius 1 is 1.04 bits per heavy atom. The lowest BCUT2D eigenvalue weighted by Crippen LogP contribution is -2.16. The van der Waals surface area contributed by atoms with E-state index in [0.717, 1.165) is 0 Å². The summed E-state index contributed by atoms with van der Waals surface area (Å²) in [4.78, 5) is 20.9. The van der Waals surface area contributed by atoms with Gasteiger partial charge in [-0.15, -0.1) is 0 Å². The van der Waals surface area contributed by atoms with Gasteiger partial charge in [-0.25, -0.2) is 14.4 Å². The minimum atomic E-state index is -0.479. The number of halogens is 3. The quantitative estimate of drug-likeness (QED) is 0.640. The summed E-state index contributed by atoms with van der Waals surface area (Å²) < 4.78 is 13.0. The number of aromatic nitrogens is 2. The monoisotopic (exact) mass is 390 g/mol. The van der Waals surface area contributed by atoms with Crippen LogP contribution in [0.2, 0.25) is 10.0 Å². The second kappa shape index (κ2) is 7.68. The molecule has 0 saturated carbocycles. The van der Waals surface area contributed by atoms with E-state index >= 15 is 0 Å². The van der Waals surface area contributed by atoms with Crippen LogP contribution < -0.4 is 10.6 Å². The van der Waals surface area contributed by atoms with Crippen molar-refractivity contribution >= 4 is 46.3 Å². The molecule has 0 fully saturated rings. The lowest BCUT2D eigenvalue weighted by Gasteiger charge is -2.11. The predicted molar refractivity (Wildman–Crippen MR) is 101 cm³/mol. The second-order valence-electron chi connectivity index (χ2n) is 5.37. The van der Waals surface area contributed by atoms with E-state index in [1.807, 2.05) is 0 Å². The van der Waals surface area contributed by atoms with E-state index in [-0.39, 0.29) is 11.5 Å². The Balaban J connectivity index is 1.84. The lowest BCUT2D eigenvalue weighted by atomic mass is 10.2. The number of nitrogens with zero attached hydrogens (tertiary/aromatic N) is 2. The third-order valence-corrected chi connectivity index (χ3v) is 4.02. The molecule has 0 spiro atoms. The maximum atomic E-state index is 13.0. The molecule has 26 heavy (non-hydrogen) atoms. The molecular weight excluding hydrogens is 378 g/mol. The van der Waals surface area contributed by atoms with Gasteiger partial charge < -0.3 is 10.6 Å². The predicted octanol–water partition coefficient (Wildman–Crippen LogP) is 5.23. The Morgan fingerprint density at radius 2 is 1.69 bits per heavy atom. The summed E-state index contributed by atoms with van der Waals surface area (Å²) >= 11 is 12.1. The van der Waals surface area contributed by atoms with Crippen molar-refractivity contribution in [1.82, 2.24) is 9.97 Å². The smallest absolute Gasteiger partial charge is 0.274 e. The highest BCUT2D eigenvalue weighted by molar-refractivity contribution is 6.40. The van der Waals surface area contributed by atoms with Crippen molar-refractivity contribution in [3.8, 4) is 0 Å². The fourth-order valence-corrected chi connectivity index (χ4v) is 2.72. The zero-order valence-corrected chi connectivity index (χ0v) is 15.1. The molecule has 2 N–H and O–H groups in total. The number of benzene rings is 2. The van der Waals surface area contributed by atoms with Gasteiger partial charge in [0, 0.05) is 11.8 Å². The highest BCUT2D eigenvalue weighted by Crippen LogP contribution is 2.30. The van der Waals surface area contributed by atoms with Crippen molar-refractivity contribution in [3.63, 3.8) is 0 Å². The molecule has 0 saturated heterocycles. The van der Waals surface area contributed by atoms with Crippen molar-refractivity contribution in [2.24, 2.45) is 0 Å². The fraction of sp³-hybridized carbons (Fsp3) is 0.0556. The number of anilines is 3. The number of carbonyl (C=O) groups is 1. The minimum Gasteiger partial charge on any atom is -0.340 e. The highest BCUT2D eigenvalue weighted by atomic mass is 35.5. The standard InChI is InChI=1S/C18H13Cl2FN4O/c1-10-22-15(18(26)25-17-13(19)3-2-4-14(17)20)9-16(23-10)24-12-7-5-11(21)6-8-12/h2-9H,1H3,(H,25,26)(H,22,23,24). The van der Waals surface area contributed by atoms with E-state index in [4.69, 9.17) is 23.2 Å². The Bertz CT molecular complexity index is 944. The molecule has 5 nitrogen and oxygen atoms in total. The van der Waals surface area contributed by atoms with Crippen LogP contribution in [-0.4, -0.2) is 15.9 Å². The molecule has 2 aromatic carbocycles. The van der Waals surface area contributed by atoms with Gasteiger partial charge in [0.25, 0.3) is 5.91 Å². The topological polar surface area (TPSA) is 66.9 Å². The summed E-state index contributed by atoms with van der Waals surface area (Å²) in [7, 11) is 0. The summed E-state index contributed by atoms with van der Waals surface area (Å²) in [5.41, 5.74) is 1.08. The summed E-state index contributed by atoms with van der Waals surface area (Å²) in [6.07, 6.45) is 0. The number of hydrogen-bond donors (Lipinski definition) is 2. The summed E-state index contributed by atoms with van der Waals surface area (Å²) in [6.45, 7) is 1.66. The van der Waals surface area contributed by atoms with E-state index in [9.17, 15) is 9.18 Å². The highest BCUT2D eigenvalue weighted by Gasteiger charge is 2.14. The molecule has 0 aliphatic heterocycles. The first-order valence-electron chi connectivity index (χ1n) is 7.56. The number of amides is 1. The van der Waals surface area contributed by atoms with Crippen LogP contribution in [0.4, 0.5) is 21.6 Å². The first-order valence-corrected chi connectivity index (χ1v) is 8.31. The molecule has 3 rings (SSSR count). The lowest BCUT2D eigenvalue weighted by molar-refractivity contribution is 0.102. The van der Waals surface area contributed by atoms with Crippen LogP contribution in [0.3, 0.4) is 0 Å². The maximum absolute atomic E-state index is 13.0. The van der Waals surface area contributed by atoms with Crippen LogP contribution in [0, 0.1) is 12.7 Å². The van der Waals surface area contributed by atoms with Gasteiger partial charge in [0.15, 0.2) is 0 Å². The minimum absolute atomic E-state index is 0.137. The zero-order chi connectivity index (χ0) is 18.7. The average Bonchev–Trinajstić information content (AvgIpc) is 2.59. The molecule has 0 atom stereocenters. The molecule has 1 heterocycles. The number of hydrogen-bond acceptors (Lipinski definition) is 4. The van der Waals surface area contributed by atoms with Crippen LogP contribution in [0.1, 0.15) is 16.3 Å². The van der Waals surface area contributed by atoms with E-state index in [1.54, 1.807) is 37.3 Å². The summed E-state index contributed by atoms with van der Waals surface area (Å²) in [6, 6.07) is 12.2. The third kappa shape index (κ3) is 4.28. The number of aryl methyl sites for hydroxylation is 1. The van der Waals surface area contributed by atoms with Crippen LogP contribution in [0.15, 0.2) is 48.5 Å². The van der Waals surface area contributed by atoms with Gasteiger partial charge in [-0.2, -0.15) is 0 Å². The van der Waals surface area contributed by atoms with Crippen molar-refractivity contribution < 1.29 is 9.18 Å². The van der Waals surface area contributed by atoms with Gasteiger partial charge in [0.05, 0.1) is 15.7 Å². The summed E-state index contributed by atoms with van der Waals surface area (Å²) in [5.74, 6) is -0.0224. The van der Waals surface area contributed by atoms with E-state index < -0.39 is 5.91 Å². The maximum Gasteiger partial charge on any atom is 0.274 e. The van der Waals surface area contributed by atoms with Crippen molar-refractivity contribution in [3.05, 3.63) is 75.9 Å². The molecule has 0 aliphatic rings. The molecule has 1 amide bonds. The van der Waals surface area contributed by atoms with Crippen molar-refractivity contribution in [1.29, 1.82) is 0 Å². The van der Waals surface area contributed by atoms with Gasteiger partial charge in [0.1, 0.15) is 23.2 Å². The number of carbonyl (C=O) groups excluding carboxylic acids is 1. The van der Waals surface area contributed by atoms with E-state index in [2.05, 4.69) is 20.6 Å². The normalized spacial score (nSPS) is 10.5. The first kappa shape index (κ1) is 18.1. The molecule has 0 aliphatic carbocycles. The molecule has 0 bridgehead atoms. The van der Waals surface area contributed by atoms with Gasteiger partial charge in [-0.1, -0.05) is 29.3 Å². The number of para-hydroxylation sites is 1. The Hall–Kier alpha value is -2.70. The Morgan fingerprint density at radius 3 is 2.35 bits per heavy atom. The van der Waals surface area contributed by atoms with Crippen LogP contribution in [0.25, 0.3) is 0 Å². The summed E-state index contributed by atoms with van der Waals surface area (Å²) in [5, 5.41) is 6.30. The fourth-order valence-electron chi connectivity index (χ4n) is 2.22. The number of rotatable bonds is 4.